The van der Waals surface area contributed by atoms with E-state index in [1.54, 1.807) is 0 Å². The number of hydrogen-bond donors (Lipinski definition) is 1. The van der Waals surface area contributed by atoms with E-state index < -0.39 is 0 Å². The maximum absolute atomic E-state index is 7.64. The van der Waals surface area contributed by atoms with E-state index in [1.165, 1.54) is 6.42 Å². The van der Waals surface area contributed by atoms with Crippen LogP contribution < -0.4 is 0 Å². The van der Waals surface area contributed by atoms with E-state index >= 15 is 0 Å². The molecule has 1 aliphatic carbocycles. The van der Waals surface area contributed by atoms with Gasteiger partial charge in [-0.2, -0.15) is 0 Å². The third-order valence-corrected chi connectivity index (χ3v) is 2.24. The Morgan fingerprint density at radius 1 is 1.11 bits per heavy atom. The molecular weight excluding hydrogens is 110 g/mol. The van der Waals surface area contributed by atoms with Crippen LogP contribution in [0.25, 0.3) is 0 Å². The highest BCUT2D eigenvalue weighted by Gasteiger charge is 2.48. The lowest BCUT2D eigenvalue weighted by Gasteiger charge is -2.50. The maximum atomic E-state index is 7.64. The van der Waals surface area contributed by atoms with Crippen molar-refractivity contribution in [2.45, 2.75) is 34.1 Å². The molecule has 1 saturated carbocycles. The summed E-state index contributed by atoms with van der Waals surface area (Å²) in [6, 6.07) is 0. The fourth-order valence-electron chi connectivity index (χ4n) is 2.09. The van der Waals surface area contributed by atoms with Gasteiger partial charge in [0.1, 0.15) is 0 Å². The predicted octanol–water partition coefficient (Wildman–Crippen LogP) is 2.46. The Morgan fingerprint density at radius 3 is 1.44 bits per heavy atom. The maximum Gasteiger partial charge on any atom is 0.0202 e. The second kappa shape index (κ2) is 1.39. The summed E-state index contributed by atoms with van der Waals surface area (Å²) in [5.74, 6) is 0. The van der Waals surface area contributed by atoms with Gasteiger partial charge in [-0.15, -0.1) is 0 Å². The van der Waals surface area contributed by atoms with Gasteiger partial charge in [0.2, 0.25) is 0 Å². The van der Waals surface area contributed by atoms with Crippen LogP contribution in [-0.2, 0) is 0 Å². The Balaban J connectivity index is 2.74. The average Bonchev–Trinajstić information content (AvgIpc) is 1.63. The molecule has 0 aromatic carbocycles. The van der Waals surface area contributed by atoms with Gasteiger partial charge in [-0.25, -0.2) is 0 Å². The summed E-state index contributed by atoms with van der Waals surface area (Å²) in [7, 11) is 0. The van der Waals surface area contributed by atoms with Crippen molar-refractivity contribution < 1.29 is 0 Å². The fourth-order valence-corrected chi connectivity index (χ4v) is 2.09. The molecule has 0 aromatic rings. The predicted molar refractivity (Wildman–Crippen MR) is 39.9 cm³/mol. The van der Waals surface area contributed by atoms with Crippen molar-refractivity contribution in [1.29, 1.82) is 5.41 Å². The number of nitrogens with one attached hydrogen (secondary N) is 1. The zero-order valence-corrected chi connectivity index (χ0v) is 6.71. The summed E-state index contributed by atoms with van der Waals surface area (Å²) in [5, 5.41) is 7.64. The summed E-state index contributed by atoms with van der Waals surface area (Å²) < 4.78 is 0. The summed E-state index contributed by atoms with van der Waals surface area (Å²) >= 11 is 0. The number of hydrogen-bond acceptors (Lipinski definition) is 1. The van der Waals surface area contributed by atoms with Crippen molar-refractivity contribution in [2.24, 2.45) is 10.8 Å². The van der Waals surface area contributed by atoms with Gasteiger partial charge in [0, 0.05) is 16.5 Å². The first-order chi connectivity index (χ1) is 3.86. The van der Waals surface area contributed by atoms with E-state index in [9.17, 15) is 0 Å². The van der Waals surface area contributed by atoms with Crippen LogP contribution in [0.1, 0.15) is 34.1 Å². The summed E-state index contributed by atoms with van der Waals surface area (Å²) in [4.78, 5) is 0. The van der Waals surface area contributed by atoms with Gasteiger partial charge in [-0.05, 0) is 6.42 Å². The van der Waals surface area contributed by atoms with Crippen molar-refractivity contribution in [2.75, 3.05) is 0 Å². The molecule has 0 radical (unpaired) electrons. The number of rotatable bonds is 0. The molecule has 0 saturated heterocycles. The molecule has 0 spiro atoms. The largest absolute Gasteiger partial charge is 0.309 e. The van der Waals surface area contributed by atoms with Crippen LogP contribution >= 0.6 is 0 Å². The van der Waals surface area contributed by atoms with Gasteiger partial charge >= 0.3 is 0 Å². The average molecular weight is 125 g/mol. The normalized spacial score (nSPS) is 29.6. The molecule has 1 N–H and O–H groups in total. The van der Waals surface area contributed by atoms with Crippen molar-refractivity contribution in [3.63, 3.8) is 0 Å². The lowest BCUT2D eigenvalue weighted by molar-refractivity contribution is 0.228. The molecule has 0 amide bonds. The van der Waals surface area contributed by atoms with Crippen molar-refractivity contribution >= 4 is 5.71 Å². The van der Waals surface area contributed by atoms with Crippen molar-refractivity contribution in [3.8, 4) is 0 Å². The molecule has 1 rings (SSSR count). The van der Waals surface area contributed by atoms with Crippen LogP contribution in [0.15, 0.2) is 0 Å². The molecule has 1 fully saturated rings. The van der Waals surface area contributed by atoms with E-state index in [2.05, 4.69) is 27.7 Å². The molecule has 0 unspecified atom stereocenters. The summed E-state index contributed by atoms with van der Waals surface area (Å²) in [6.45, 7) is 8.56. The molecule has 1 aliphatic rings. The molecule has 1 nitrogen and oxygen atoms in total. The standard InChI is InChI=1S/C8H15N/c1-7(2)5-8(3,4)6(7)9/h9H,5H2,1-4H3. The summed E-state index contributed by atoms with van der Waals surface area (Å²) in [5.41, 5.74) is 1.31. The van der Waals surface area contributed by atoms with Crippen molar-refractivity contribution in [1.82, 2.24) is 0 Å². The first-order valence-electron chi connectivity index (χ1n) is 3.46. The van der Waals surface area contributed by atoms with Crippen LogP contribution in [0, 0.1) is 16.2 Å². The minimum Gasteiger partial charge on any atom is -0.309 e. The lowest BCUT2D eigenvalue weighted by atomic mass is 9.54. The van der Waals surface area contributed by atoms with Crippen LogP contribution in [0.3, 0.4) is 0 Å². The Hall–Kier alpha value is -0.330. The van der Waals surface area contributed by atoms with Gasteiger partial charge in [-0.3, -0.25) is 0 Å². The van der Waals surface area contributed by atoms with E-state index in [1.807, 2.05) is 0 Å². The van der Waals surface area contributed by atoms with Gasteiger partial charge in [0.25, 0.3) is 0 Å². The highest BCUT2D eigenvalue weighted by atomic mass is 14.6. The van der Waals surface area contributed by atoms with Crippen LogP contribution in [0.5, 0.6) is 0 Å². The molecule has 0 atom stereocenters. The Morgan fingerprint density at radius 2 is 1.44 bits per heavy atom. The molecule has 0 aliphatic heterocycles. The van der Waals surface area contributed by atoms with E-state index in [0.29, 0.717) is 0 Å². The second-order valence-corrected chi connectivity index (χ2v) is 4.32. The van der Waals surface area contributed by atoms with Gasteiger partial charge in [0.15, 0.2) is 0 Å². The zero-order chi connectivity index (χ0) is 7.28. The summed E-state index contributed by atoms with van der Waals surface area (Å²) in [6.07, 6.45) is 1.17. The molecule has 9 heavy (non-hydrogen) atoms. The SMILES string of the molecule is CC1(C)CC(C)(C)C1=N. The highest BCUT2D eigenvalue weighted by Crippen LogP contribution is 2.49. The van der Waals surface area contributed by atoms with Crippen LogP contribution in [-0.4, -0.2) is 5.71 Å². The molecule has 0 bridgehead atoms. The molecule has 1 heteroatoms. The lowest BCUT2D eigenvalue weighted by Crippen LogP contribution is -2.50. The topological polar surface area (TPSA) is 23.9 Å². The Bertz CT molecular complexity index is 138. The molecule has 52 valence electrons. The van der Waals surface area contributed by atoms with Gasteiger partial charge in [-0.1, -0.05) is 27.7 Å². The molecule has 0 aromatic heterocycles. The van der Waals surface area contributed by atoms with Gasteiger partial charge in [0.05, 0.1) is 0 Å². The molecule has 0 heterocycles. The third kappa shape index (κ3) is 0.790. The Labute approximate surface area is 57.0 Å². The van der Waals surface area contributed by atoms with E-state index in [4.69, 9.17) is 5.41 Å². The Kier molecular flexibility index (Phi) is 1.05. The smallest absolute Gasteiger partial charge is 0.0202 e. The minimum atomic E-state index is 0.198. The van der Waals surface area contributed by atoms with E-state index in [0.717, 1.165) is 5.71 Å². The van der Waals surface area contributed by atoms with Crippen molar-refractivity contribution in [3.05, 3.63) is 0 Å². The second-order valence-electron chi connectivity index (χ2n) is 4.32. The van der Waals surface area contributed by atoms with Crippen LogP contribution in [0.2, 0.25) is 0 Å². The fraction of sp³-hybridized carbons (Fsp3) is 0.875. The third-order valence-electron chi connectivity index (χ3n) is 2.24. The zero-order valence-electron chi connectivity index (χ0n) is 6.71. The van der Waals surface area contributed by atoms with Crippen LogP contribution in [0.4, 0.5) is 0 Å². The quantitative estimate of drug-likeness (QED) is 0.514. The molecular formula is C8H15N. The minimum absolute atomic E-state index is 0.198. The first kappa shape index (κ1) is 6.79. The monoisotopic (exact) mass is 125 g/mol. The van der Waals surface area contributed by atoms with E-state index in [-0.39, 0.29) is 10.8 Å². The highest BCUT2D eigenvalue weighted by molar-refractivity contribution is 5.97. The van der Waals surface area contributed by atoms with Gasteiger partial charge < -0.3 is 5.41 Å². The first-order valence-corrected chi connectivity index (χ1v) is 3.46.